The van der Waals surface area contributed by atoms with E-state index in [1.165, 1.54) is 5.56 Å². The number of amides is 1. The third kappa shape index (κ3) is 5.18. The Morgan fingerprint density at radius 1 is 1.19 bits per heavy atom. The van der Waals surface area contributed by atoms with Gasteiger partial charge in [0.05, 0.1) is 5.69 Å². The summed E-state index contributed by atoms with van der Waals surface area (Å²) in [5.41, 5.74) is 6.36. The highest BCUT2D eigenvalue weighted by molar-refractivity contribution is 5.77. The molecule has 0 spiro atoms. The lowest BCUT2D eigenvalue weighted by Crippen LogP contribution is -2.40. The molecule has 1 N–H and O–H groups in total. The zero-order valence-electron chi connectivity index (χ0n) is 20.0. The molecule has 1 fully saturated rings. The van der Waals surface area contributed by atoms with E-state index in [0.717, 1.165) is 54.3 Å². The molecule has 3 aromatic rings. The number of hydrogen-bond acceptors (Lipinski definition) is 4. The maximum absolute atomic E-state index is 12.3. The SMILES string of the molecule is Cc1nc2cc(C3CCN(Cc4ccccc4)C3)nn2c(C)c1CCC(=O)NC(C)(C)C. The van der Waals surface area contributed by atoms with Crippen LogP contribution < -0.4 is 5.32 Å². The lowest BCUT2D eigenvalue weighted by atomic mass is 10.0. The van der Waals surface area contributed by atoms with Crippen LogP contribution in [0, 0.1) is 13.8 Å². The second-order valence-electron chi connectivity index (χ2n) is 10.1. The summed E-state index contributed by atoms with van der Waals surface area (Å²) in [5, 5.41) is 7.99. The molecule has 170 valence electrons. The zero-order valence-corrected chi connectivity index (χ0v) is 20.0. The van der Waals surface area contributed by atoms with Crippen molar-refractivity contribution in [3.05, 3.63) is 64.6 Å². The molecule has 1 unspecified atom stereocenters. The number of benzene rings is 1. The zero-order chi connectivity index (χ0) is 22.9. The molecular weight excluding hydrogens is 398 g/mol. The van der Waals surface area contributed by atoms with Gasteiger partial charge in [-0.25, -0.2) is 9.50 Å². The van der Waals surface area contributed by atoms with Crippen molar-refractivity contribution in [2.24, 2.45) is 0 Å². The van der Waals surface area contributed by atoms with Gasteiger partial charge in [0.2, 0.25) is 5.91 Å². The number of fused-ring (bicyclic) bond motifs is 1. The smallest absolute Gasteiger partial charge is 0.220 e. The van der Waals surface area contributed by atoms with Gasteiger partial charge in [-0.15, -0.1) is 0 Å². The van der Waals surface area contributed by atoms with Gasteiger partial charge >= 0.3 is 0 Å². The van der Waals surface area contributed by atoms with Crippen LogP contribution in [0.1, 0.15) is 67.7 Å². The van der Waals surface area contributed by atoms with Crippen LogP contribution in [0.4, 0.5) is 0 Å². The fraction of sp³-hybridized carbons (Fsp3) is 0.500. The first-order valence-electron chi connectivity index (χ1n) is 11.6. The highest BCUT2D eigenvalue weighted by Gasteiger charge is 2.27. The van der Waals surface area contributed by atoms with Crippen molar-refractivity contribution in [1.82, 2.24) is 24.8 Å². The number of hydrogen-bond donors (Lipinski definition) is 1. The van der Waals surface area contributed by atoms with Crippen LogP contribution in [0.25, 0.3) is 5.65 Å². The minimum Gasteiger partial charge on any atom is -0.351 e. The van der Waals surface area contributed by atoms with E-state index in [2.05, 4.69) is 53.5 Å². The van der Waals surface area contributed by atoms with Crippen molar-refractivity contribution < 1.29 is 4.79 Å². The van der Waals surface area contributed by atoms with E-state index in [1.807, 2.05) is 32.2 Å². The molecule has 4 rings (SSSR count). The number of nitrogens with one attached hydrogen (secondary N) is 1. The number of aromatic nitrogens is 3. The molecule has 1 aromatic carbocycles. The van der Waals surface area contributed by atoms with Crippen LogP contribution in [0.15, 0.2) is 36.4 Å². The molecule has 6 heteroatoms. The number of nitrogens with zero attached hydrogens (tertiary/aromatic N) is 4. The van der Waals surface area contributed by atoms with Crippen molar-refractivity contribution >= 4 is 11.6 Å². The number of aryl methyl sites for hydroxylation is 2. The third-order valence-electron chi connectivity index (χ3n) is 6.24. The molecule has 1 aliphatic heterocycles. The Bertz CT molecular complexity index is 1100. The first-order chi connectivity index (χ1) is 15.2. The number of carbonyl (C=O) groups excluding carboxylic acids is 1. The predicted molar refractivity (Wildman–Crippen MR) is 128 cm³/mol. The van der Waals surface area contributed by atoms with Crippen molar-refractivity contribution in [1.29, 1.82) is 0 Å². The summed E-state index contributed by atoms with van der Waals surface area (Å²) in [6.07, 6.45) is 2.25. The molecular formula is C26H35N5O. The van der Waals surface area contributed by atoms with Gasteiger partial charge < -0.3 is 5.32 Å². The van der Waals surface area contributed by atoms with Gasteiger partial charge in [-0.3, -0.25) is 9.69 Å². The van der Waals surface area contributed by atoms with E-state index in [9.17, 15) is 4.79 Å². The van der Waals surface area contributed by atoms with E-state index in [1.54, 1.807) is 0 Å². The van der Waals surface area contributed by atoms with Crippen LogP contribution in [0.2, 0.25) is 0 Å². The summed E-state index contributed by atoms with van der Waals surface area (Å²) in [6, 6.07) is 12.8. The normalized spacial score (nSPS) is 17.2. The predicted octanol–water partition coefficient (Wildman–Crippen LogP) is 4.18. The van der Waals surface area contributed by atoms with E-state index in [0.29, 0.717) is 18.8 Å². The molecule has 1 atom stereocenters. The van der Waals surface area contributed by atoms with Crippen LogP contribution >= 0.6 is 0 Å². The molecule has 1 aliphatic rings. The maximum atomic E-state index is 12.3. The summed E-state index contributed by atoms with van der Waals surface area (Å²) in [4.78, 5) is 19.6. The van der Waals surface area contributed by atoms with Crippen LogP contribution in [-0.2, 0) is 17.8 Å². The quantitative estimate of drug-likeness (QED) is 0.633. The Kier molecular flexibility index (Phi) is 6.33. The van der Waals surface area contributed by atoms with E-state index in [-0.39, 0.29) is 11.4 Å². The molecule has 0 radical (unpaired) electrons. The van der Waals surface area contributed by atoms with Gasteiger partial charge in [0.1, 0.15) is 0 Å². The first kappa shape index (κ1) is 22.5. The van der Waals surface area contributed by atoms with Gasteiger partial charge in [-0.2, -0.15) is 5.10 Å². The summed E-state index contributed by atoms with van der Waals surface area (Å²) >= 11 is 0. The molecule has 0 bridgehead atoms. The fourth-order valence-corrected chi connectivity index (χ4v) is 4.68. The van der Waals surface area contributed by atoms with Crippen LogP contribution in [0.5, 0.6) is 0 Å². The molecule has 1 saturated heterocycles. The van der Waals surface area contributed by atoms with Crippen molar-refractivity contribution in [2.45, 2.75) is 71.9 Å². The van der Waals surface area contributed by atoms with Crippen molar-refractivity contribution in [2.75, 3.05) is 13.1 Å². The molecule has 6 nitrogen and oxygen atoms in total. The summed E-state index contributed by atoms with van der Waals surface area (Å²) in [6.45, 7) is 13.2. The molecule has 1 amide bonds. The summed E-state index contributed by atoms with van der Waals surface area (Å²) in [5.74, 6) is 0.503. The molecule has 3 heterocycles. The van der Waals surface area contributed by atoms with Gasteiger partial charge in [-0.1, -0.05) is 30.3 Å². The Morgan fingerprint density at radius 2 is 1.94 bits per heavy atom. The minimum absolute atomic E-state index is 0.0713. The summed E-state index contributed by atoms with van der Waals surface area (Å²) in [7, 11) is 0. The van der Waals surface area contributed by atoms with Crippen molar-refractivity contribution in [3.8, 4) is 0 Å². The number of carbonyl (C=O) groups is 1. The maximum Gasteiger partial charge on any atom is 0.220 e. The van der Waals surface area contributed by atoms with Gasteiger partial charge in [0, 0.05) is 48.4 Å². The highest BCUT2D eigenvalue weighted by Crippen LogP contribution is 2.29. The second kappa shape index (κ2) is 9.02. The standard InChI is InChI=1S/C26H35N5O/c1-18-22(11-12-25(32)28-26(3,4)5)19(2)31-24(27-18)15-23(29-31)21-13-14-30(17-21)16-20-9-7-6-8-10-20/h6-10,15,21H,11-14,16-17H2,1-5H3,(H,28,32). The van der Waals surface area contributed by atoms with E-state index < -0.39 is 0 Å². The van der Waals surface area contributed by atoms with Gasteiger partial charge in [0.25, 0.3) is 0 Å². The van der Waals surface area contributed by atoms with E-state index in [4.69, 9.17) is 10.1 Å². The third-order valence-corrected chi connectivity index (χ3v) is 6.24. The Labute approximate surface area is 191 Å². The fourth-order valence-electron chi connectivity index (χ4n) is 4.68. The average molecular weight is 434 g/mol. The van der Waals surface area contributed by atoms with Crippen LogP contribution in [-0.4, -0.2) is 44.0 Å². The molecule has 0 aliphatic carbocycles. The van der Waals surface area contributed by atoms with Crippen LogP contribution in [0.3, 0.4) is 0 Å². The largest absolute Gasteiger partial charge is 0.351 e. The molecule has 2 aromatic heterocycles. The first-order valence-corrected chi connectivity index (χ1v) is 11.6. The topological polar surface area (TPSA) is 62.5 Å². The average Bonchev–Trinajstić information content (AvgIpc) is 3.34. The van der Waals surface area contributed by atoms with E-state index >= 15 is 0 Å². The van der Waals surface area contributed by atoms with Gasteiger partial charge in [-0.05, 0) is 65.1 Å². The second-order valence-corrected chi connectivity index (χ2v) is 10.1. The monoisotopic (exact) mass is 433 g/mol. The van der Waals surface area contributed by atoms with Gasteiger partial charge in [0.15, 0.2) is 5.65 Å². The number of likely N-dealkylation sites (tertiary alicyclic amines) is 1. The lowest BCUT2D eigenvalue weighted by Gasteiger charge is -2.20. The Hall–Kier alpha value is -2.73. The van der Waals surface area contributed by atoms with Crippen molar-refractivity contribution in [3.63, 3.8) is 0 Å². The Morgan fingerprint density at radius 3 is 2.66 bits per heavy atom. The lowest BCUT2D eigenvalue weighted by molar-refractivity contribution is -0.122. The minimum atomic E-state index is -0.212. The highest BCUT2D eigenvalue weighted by atomic mass is 16.1. The molecule has 32 heavy (non-hydrogen) atoms. The summed E-state index contributed by atoms with van der Waals surface area (Å²) < 4.78 is 1.97. The Balaban J connectivity index is 1.47. The molecule has 0 saturated carbocycles. The number of rotatable bonds is 6.